The molecule has 0 amide bonds. The zero-order valence-electron chi connectivity index (χ0n) is 6.11. The lowest BCUT2D eigenvalue weighted by atomic mass is 9.82. The molecule has 1 aliphatic rings. The monoisotopic (exact) mass is 128 g/mol. The van der Waals surface area contributed by atoms with E-state index in [1.165, 1.54) is 0 Å². The van der Waals surface area contributed by atoms with Crippen LogP contribution in [0.15, 0.2) is 0 Å². The summed E-state index contributed by atoms with van der Waals surface area (Å²) >= 11 is 0. The molecule has 0 saturated carbocycles. The largest absolute Gasteiger partial charge is 0.316 e. The lowest BCUT2D eigenvalue weighted by molar-refractivity contribution is -0.0293. The lowest BCUT2D eigenvalue weighted by Gasteiger charge is -2.33. The Bertz CT molecular complexity index is 101. The van der Waals surface area contributed by atoms with E-state index in [9.17, 15) is 5.11 Å². The summed E-state index contributed by atoms with van der Waals surface area (Å²) in [5.41, 5.74) is -0.0295. The van der Waals surface area contributed by atoms with Crippen LogP contribution in [0.5, 0.6) is 0 Å². The molecule has 9 heavy (non-hydrogen) atoms. The first-order valence-electron chi connectivity index (χ1n) is 3.49. The quantitative estimate of drug-likeness (QED) is 0.514. The van der Waals surface area contributed by atoms with Crippen molar-refractivity contribution in [3.05, 3.63) is 0 Å². The van der Waals surface area contributed by atoms with E-state index in [4.69, 9.17) is 0 Å². The van der Waals surface area contributed by atoms with Gasteiger partial charge in [0.25, 0.3) is 0 Å². The lowest BCUT2D eigenvalue weighted by Crippen LogP contribution is -2.45. The zero-order chi connectivity index (χ0) is 6.91. The fourth-order valence-electron chi connectivity index (χ4n) is 1.15. The topological polar surface area (TPSA) is 31.9 Å². The van der Waals surface area contributed by atoms with E-state index < -0.39 is 0 Å². The van der Waals surface area contributed by atoms with Gasteiger partial charge in [-0.2, -0.15) is 0 Å². The van der Waals surface area contributed by atoms with Gasteiger partial charge in [0, 0.05) is 12.0 Å². The molecule has 0 spiro atoms. The van der Waals surface area contributed by atoms with Gasteiger partial charge >= 0.3 is 0 Å². The van der Waals surface area contributed by atoms with Crippen molar-refractivity contribution < 1.29 is 5.11 Å². The molecule has 1 unspecified atom stereocenters. The molecular formula is C7H14NO. The molecule has 0 bridgehead atoms. The van der Waals surface area contributed by atoms with Crippen LogP contribution in [-0.4, -0.2) is 19.2 Å². The second-order valence-corrected chi connectivity index (χ2v) is 3.44. The standard InChI is InChI=1S/C7H14NO/c1-7(2)5-8-4-3-6(7)9/h6,8H,3-5H2,1-2H3. The van der Waals surface area contributed by atoms with E-state index in [0.717, 1.165) is 19.5 Å². The van der Waals surface area contributed by atoms with Crippen molar-refractivity contribution in [3.63, 3.8) is 0 Å². The zero-order valence-corrected chi connectivity index (χ0v) is 6.11. The molecule has 0 aliphatic carbocycles. The van der Waals surface area contributed by atoms with Crippen LogP contribution < -0.4 is 5.32 Å². The molecule has 1 saturated heterocycles. The highest BCUT2D eigenvalue weighted by Crippen LogP contribution is 2.24. The highest BCUT2D eigenvalue weighted by atomic mass is 16.3. The van der Waals surface area contributed by atoms with Crippen LogP contribution in [0.2, 0.25) is 0 Å². The maximum absolute atomic E-state index is 11.2. The molecule has 1 radical (unpaired) electrons. The number of hydrogen-bond acceptors (Lipinski definition) is 1. The maximum Gasteiger partial charge on any atom is 0.100 e. The smallest absolute Gasteiger partial charge is 0.100 e. The summed E-state index contributed by atoms with van der Waals surface area (Å²) in [6.45, 7) is 5.83. The molecule has 2 heteroatoms. The van der Waals surface area contributed by atoms with Crippen molar-refractivity contribution in [3.8, 4) is 0 Å². The summed E-state index contributed by atoms with van der Waals surface area (Å²) in [7, 11) is 0. The van der Waals surface area contributed by atoms with E-state index in [0.29, 0.717) is 0 Å². The van der Waals surface area contributed by atoms with Crippen molar-refractivity contribution in [2.45, 2.75) is 26.4 Å². The third-order valence-corrected chi connectivity index (χ3v) is 2.04. The molecule has 1 heterocycles. The highest BCUT2D eigenvalue weighted by molar-refractivity contribution is 4.84. The average molecular weight is 128 g/mol. The van der Waals surface area contributed by atoms with Gasteiger partial charge in [0.1, 0.15) is 6.10 Å². The molecule has 53 valence electrons. The molecule has 0 aromatic heterocycles. The summed E-state index contributed by atoms with van der Waals surface area (Å²) in [6.07, 6.45) is 0.422. The van der Waals surface area contributed by atoms with Gasteiger partial charge in [0.15, 0.2) is 0 Å². The molecule has 1 N–H and O–H groups in total. The highest BCUT2D eigenvalue weighted by Gasteiger charge is 2.31. The van der Waals surface area contributed by atoms with Crippen LogP contribution in [0.4, 0.5) is 0 Å². The Morgan fingerprint density at radius 3 is 2.56 bits per heavy atom. The second-order valence-electron chi connectivity index (χ2n) is 3.44. The Kier molecular flexibility index (Phi) is 1.78. The second kappa shape index (κ2) is 2.27. The van der Waals surface area contributed by atoms with Crippen LogP contribution in [-0.2, 0) is 5.11 Å². The van der Waals surface area contributed by atoms with Crippen LogP contribution in [0.3, 0.4) is 0 Å². The van der Waals surface area contributed by atoms with Gasteiger partial charge in [-0.15, -0.1) is 0 Å². The van der Waals surface area contributed by atoms with Gasteiger partial charge in [-0.3, -0.25) is 0 Å². The average Bonchev–Trinajstić information content (AvgIpc) is 1.77. The Morgan fingerprint density at radius 1 is 1.56 bits per heavy atom. The molecule has 1 aliphatic heterocycles. The summed E-state index contributed by atoms with van der Waals surface area (Å²) in [5, 5.41) is 14.4. The van der Waals surface area contributed by atoms with Crippen LogP contribution in [0.25, 0.3) is 0 Å². The van der Waals surface area contributed by atoms with E-state index in [2.05, 4.69) is 5.32 Å². The number of hydrogen-bond donors (Lipinski definition) is 1. The Labute approximate surface area is 56.3 Å². The molecule has 0 aromatic carbocycles. The minimum atomic E-state index is -0.362. The SMILES string of the molecule is CC1(C)CNCCC1[O]. The van der Waals surface area contributed by atoms with Crippen LogP contribution in [0.1, 0.15) is 20.3 Å². The van der Waals surface area contributed by atoms with Crippen molar-refractivity contribution in [1.82, 2.24) is 5.32 Å². The first-order valence-corrected chi connectivity index (χ1v) is 3.49. The number of nitrogens with one attached hydrogen (secondary N) is 1. The molecule has 2 nitrogen and oxygen atoms in total. The third kappa shape index (κ3) is 1.43. The van der Waals surface area contributed by atoms with Gasteiger partial charge in [-0.1, -0.05) is 13.8 Å². The van der Waals surface area contributed by atoms with Crippen molar-refractivity contribution in [1.29, 1.82) is 0 Å². The van der Waals surface area contributed by atoms with Gasteiger partial charge < -0.3 is 5.32 Å². The molecule has 1 rings (SSSR count). The fraction of sp³-hybridized carbons (Fsp3) is 1.00. The number of piperidine rings is 1. The van der Waals surface area contributed by atoms with Gasteiger partial charge in [-0.05, 0) is 13.0 Å². The predicted octanol–water partition coefficient (Wildman–Crippen LogP) is 0.805. The fourth-order valence-corrected chi connectivity index (χ4v) is 1.15. The van der Waals surface area contributed by atoms with Gasteiger partial charge in [-0.25, -0.2) is 5.11 Å². The maximum atomic E-state index is 11.2. The van der Waals surface area contributed by atoms with E-state index in [1.54, 1.807) is 0 Å². The first-order chi connectivity index (χ1) is 4.13. The van der Waals surface area contributed by atoms with Crippen LogP contribution in [0, 0.1) is 5.41 Å². The summed E-state index contributed by atoms with van der Waals surface area (Å²) in [4.78, 5) is 0. The first kappa shape index (κ1) is 7.03. The molecule has 0 aromatic rings. The van der Waals surface area contributed by atoms with E-state index in [1.807, 2.05) is 13.8 Å². The van der Waals surface area contributed by atoms with Crippen molar-refractivity contribution >= 4 is 0 Å². The minimum absolute atomic E-state index is 0.0295. The van der Waals surface area contributed by atoms with E-state index in [-0.39, 0.29) is 11.5 Å². The Balaban J connectivity index is 2.49. The van der Waals surface area contributed by atoms with Crippen molar-refractivity contribution in [2.24, 2.45) is 5.41 Å². The van der Waals surface area contributed by atoms with Crippen LogP contribution >= 0.6 is 0 Å². The normalized spacial score (nSPS) is 34.3. The molecule has 1 fully saturated rings. The Hall–Kier alpha value is -0.0800. The summed E-state index contributed by atoms with van der Waals surface area (Å²) < 4.78 is 0. The van der Waals surface area contributed by atoms with Crippen molar-refractivity contribution in [2.75, 3.05) is 13.1 Å². The predicted molar refractivity (Wildman–Crippen MR) is 35.7 cm³/mol. The van der Waals surface area contributed by atoms with Gasteiger partial charge in [0.05, 0.1) is 0 Å². The molecule has 1 atom stereocenters. The summed E-state index contributed by atoms with van der Waals surface area (Å²) in [5.74, 6) is 0. The third-order valence-electron chi connectivity index (χ3n) is 2.04. The minimum Gasteiger partial charge on any atom is -0.316 e. The number of rotatable bonds is 0. The van der Waals surface area contributed by atoms with E-state index >= 15 is 0 Å². The Morgan fingerprint density at radius 2 is 2.22 bits per heavy atom. The summed E-state index contributed by atoms with van der Waals surface area (Å²) in [6, 6.07) is 0. The van der Waals surface area contributed by atoms with Gasteiger partial charge in [0.2, 0.25) is 0 Å². The molecular weight excluding hydrogens is 114 g/mol.